The third kappa shape index (κ3) is 13.6. The van der Waals surface area contributed by atoms with E-state index in [0.29, 0.717) is 19.3 Å². The molecule has 6 amide bonds. The first-order valence-electron chi connectivity index (χ1n) is 16.9. The molecule has 20 heteroatoms. The highest BCUT2D eigenvalue weighted by atomic mass is 16.4. The second-order valence-corrected chi connectivity index (χ2v) is 13.1. The maximum atomic E-state index is 13.5. The van der Waals surface area contributed by atoms with Crippen LogP contribution in [-0.2, 0) is 33.6 Å². The minimum atomic E-state index is -1.70. The Morgan fingerprint density at radius 3 is 1.75 bits per heavy atom. The van der Waals surface area contributed by atoms with Crippen LogP contribution in [0.15, 0.2) is 0 Å². The van der Waals surface area contributed by atoms with Crippen LogP contribution in [0.4, 0.5) is 0 Å². The number of unbranched alkanes of at least 4 members (excludes halogenated alkanes) is 1. The topological polar surface area (TPSA) is 336 Å². The maximum Gasteiger partial charge on any atom is 0.328 e. The number of aliphatic hydroxyl groups is 4. The number of nitrogens with one attached hydrogen (secondary N) is 5. The predicted octanol–water partition coefficient (Wildman–Crippen LogP) is -5.27. The van der Waals surface area contributed by atoms with E-state index in [9.17, 15) is 59.1 Å². The van der Waals surface area contributed by atoms with Gasteiger partial charge in [0.1, 0.15) is 36.3 Å². The van der Waals surface area contributed by atoms with E-state index in [-0.39, 0.29) is 25.9 Å². The van der Waals surface area contributed by atoms with Crippen LogP contribution < -0.4 is 38.1 Å². The number of carbonyl (C=O) groups is 7. The summed E-state index contributed by atoms with van der Waals surface area (Å²) in [7, 11) is 0. The van der Waals surface area contributed by atoms with Gasteiger partial charge in [0.15, 0.2) is 6.04 Å². The number of rotatable bonds is 21. The third-order valence-corrected chi connectivity index (χ3v) is 8.39. The molecular weight excluding hydrogens is 676 g/mol. The van der Waals surface area contributed by atoms with Crippen molar-refractivity contribution in [2.75, 3.05) is 19.7 Å². The van der Waals surface area contributed by atoms with Gasteiger partial charge >= 0.3 is 5.97 Å². The van der Waals surface area contributed by atoms with Crippen molar-refractivity contribution in [1.82, 2.24) is 31.5 Å². The summed E-state index contributed by atoms with van der Waals surface area (Å²) in [5, 5.41) is 60.7. The van der Waals surface area contributed by atoms with Gasteiger partial charge in [0, 0.05) is 6.54 Å². The molecule has 0 unspecified atom stereocenters. The standard InChI is InChI=1S/C31H56N8O12/c1-14(2)22(28(47)38-24(17(5)43)31(50)51)36-26(45)19(13-40)35-29(48)23(16(4)42)37-25(44)18(9-6-7-11-32)34-27(46)20-10-8-12-39(20)30(49)21(33)15(3)41/h14-24,40-43H,6-13,32-33H2,1-5H3,(H,34,46)(H,35,48)(H,36,45)(H,37,44)(H,38,47)(H,50,51)/t15-,16-,17-,18+,19+,20+,21+,22+,23+,24+/m1/s1. The Bertz CT molecular complexity index is 1220. The van der Waals surface area contributed by atoms with Gasteiger partial charge in [0.2, 0.25) is 35.4 Å². The van der Waals surface area contributed by atoms with E-state index in [0.717, 1.165) is 6.92 Å². The average molecular weight is 733 g/mol. The minimum absolute atomic E-state index is 0.0644. The lowest BCUT2D eigenvalue weighted by atomic mass is 10.0. The van der Waals surface area contributed by atoms with Gasteiger partial charge in [0.05, 0.1) is 24.9 Å². The summed E-state index contributed by atoms with van der Waals surface area (Å²) in [4.78, 5) is 91.4. The fourth-order valence-electron chi connectivity index (χ4n) is 5.27. The number of carboxylic acid groups (broad SMARTS) is 1. The number of aliphatic carboxylic acids is 1. The smallest absolute Gasteiger partial charge is 0.328 e. The fraction of sp³-hybridized carbons (Fsp3) is 0.774. The molecule has 0 spiro atoms. The molecule has 1 rings (SSSR count). The van der Waals surface area contributed by atoms with Gasteiger partial charge in [0.25, 0.3) is 0 Å². The molecule has 14 N–H and O–H groups in total. The molecule has 0 aliphatic carbocycles. The monoisotopic (exact) mass is 732 g/mol. The fourth-order valence-corrected chi connectivity index (χ4v) is 5.27. The highest BCUT2D eigenvalue weighted by Gasteiger charge is 2.40. The van der Waals surface area contributed by atoms with Gasteiger partial charge in [-0.3, -0.25) is 28.8 Å². The summed E-state index contributed by atoms with van der Waals surface area (Å²) >= 11 is 0. The molecule has 292 valence electrons. The zero-order chi connectivity index (χ0) is 39.2. The number of carbonyl (C=O) groups excluding carboxylic acids is 6. The van der Waals surface area contributed by atoms with Gasteiger partial charge in [-0.25, -0.2) is 4.79 Å². The first kappa shape index (κ1) is 45.1. The van der Waals surface area contributed by atoms with E-state index in [1.54, 1.807) is 0 Å². The zero-order valence-electron chi connectivity index (χ0n) is 29.7. The van der Waals surface area contributed by atoms with Crippen LogP contribution >= 0.6 is 0 Å². The molecule has 1 aliphatic rings. The molecule has 1 heterocycles. The van der Waals surface area contributed by atoms with E-state index in [1.807, 2.05) is 0 Å². The minimum Gasteiger partial charge on any atom is -0.480 e. The summed E-state index contributed by atoms with van der Waals surface area (Å²) in [5.74, 6) is -7.45. The normalized spacial score (nSPS) is 19.7. The molecule has 1 saturated heterocycles. The number of amides is 6. The lowest BCUT2D eigenvalue weighted by Gasteiger charge is -2.30. The number of likely N-dealkylation sites (tertiary alicyclic amines) is 1. The quantitative estimate of drug-likeness (QED) is 0.0491. The largest absolute Gasteiger partial charge is 0.480 e. The van der Waals surface area contributed by atoms with Crippen molar-refractivity contribution in [1.29, 1.82) is 0 Å². The van der Waals surface area contributed by atoms with Crippen molar-refractivity contribution in [2.45, 2.75) is 127 Å². The summed E-state index contributed by atoms with van der Waals surface area (Å²) < 4.78 is 0. The maximum absolute atomic E-state index is 13.5. The Kier molecular flexibility index (Phi) is 18.9. The zero-order valence-corrected chi connectivity index (χ0v) is 29.7. The molecule has 1 aliphatic heterocycles. The Morgan fingerprint density at radius 2 is 1.25 bits per heavy atom. The lowest BCUT2D eigenvalue weighted by molar-refractivity contribution is -0.145. The summed E-state index contributed by atoms with van der Waals surface area (Å²) in [5.41, 5.74) is 11.4. The van der Waals surface area contributed by atoms with Gasteiger partial charge in [-0.15, -0.1) is 0 Å². The van der Waals surface area contributed by atoms with Gasteiger partial charge in [-0.2, -0.15) is 0 Å². The number of nitrogens with two attached hydrogens (primary N) is 2. The van der Waals surface area contributed by atoms with Crippen LogP contribution in [0, 0.1) is 5.92 Å². The van der Waals surface area contributed by atoms with Gasteiger partial charge in [-0.05, 0) is 65.3 Å². The molecule has 0 aromatic rings. The van der Waals surface area contributed by atoms with Gasteiger partial charge < -0.3 is 68.5 Å². The van der Waals surface area contributed by atoms with Crippen molar-refractivity contribution in [3.8, 4) is 0 Å². The van der Waals surface area contributed by atoms with Crippen LogP contribution in [0.1, 0.15) is 66.7 Å². The number of nitrogens with zero attached hydrogens (tertiary/aromatic N) is 1. The lowest BCUT2D eigenvalue weighted by Crippen LogP contribution is -2.62. The van der Waals surface area contributed by atoms with Crippen LogP contribution in [0.25, 0.3) is 0 Å². The van der Waals surface area contributed by atoms with Crippen LogP contribution in [0.5, 0.6) is 0 Å². The predicted molar refractivity (Wildman–Crippen MR) is 180 cm³/mol. The van der Waals surface area contributed by atoms with E-state index in [1.165, 1.54) is 32.6 Å². The van der Waals surface area contributed by atoms with E-state index in [2.05, 4.69) is 26.6 Å². The summed E-state index contributed by atoms with van der Waals surface area (Å²) in [6.45, 7) is 6.24. The molecule has 0 aromatic carbocycles. The van der Waals surface area contributed by atoms with E-state index < -0.39 is 115 Å². The SMILES string of the molecule is CC(C)[C@H](NC(=O)[C@H](CO)NC(=O)[C@@H](NC(=O)[C@H](CCCCN)NC(=O)[C@@H]1CCCN1C(=O)[C@@H](N)[C@@H](C)O)[C@@H](C)O)C(=O)N[C@H](C(=O)O)[C@@H](C)O. The molecule has 0 radical (unpaired) electrons. The third-order valence-electron chi connectivity index (χ3n) is 8.39. The summed E-state index contributed by atoms with van der Waals surface area (Å²) in [6.07, 6.45) is -2.53. The van der Waals surface area contributed by atoms with E-state index in [4.69, 9.17) is 11.5 Å². The molecule has 0 saturated carbocycles. The van der Waals surface area contributed by atoms with Crippen molar-refractivity contribution in [3.63, 3.8) is 0 Å². The first-order valence-corrected chi connectivity index (χ1v) is 16.9. The van der Waals surface area contributed by atoms with E-state index >= 15 is 0 Å². The second-order valence-electron chi connectivity index (χ2n) is 13.1. The number of hydrogen-bond acceptors (Lipinski definition) is 13. The Balaban J connectivity index is 3.11. The number of aliphatic hydroxyl groups excluding tert-OH is 4. The van der Waals surface area contributed by atoms with Crippen LogP contribution in [-0.4, -0.2) is 152 Å². The van der Waals surface area contributed by atoms with Crippen molar-refractivity contribution in [3.05, 3.63) is 0 Å². The van der Waals surface area contributed by atoms with Crippen molar-refractivity contribution >= 4 is 41.4 Å². The average Bonchev–Trinajstić information content (AvgIpc) is 3.55. The molecule has 20 nitrogen and oxygen atoms in total. The second kappa shape index (κ2) is 21.4. The Hall–Kier alpha value is -3.95. The van der Waals surface area contributed by atoms with Gasteiger partial charge in [-0.1, -0.05) is 13.8 Å². The molecular formula is C31H56N8O12. The van der Waals surface area contributed by atoms with Crippen LogP contribution in [0.3, 0.4) is 0 Å². The number of hydrogen-bond donors (Lipinski definition) is 12. The molecule has 0 bridgehead atoms. The van der Waals surface area contributed by atoms with Crippen LogP contribution in [0.2, 0.25) is 0 Å². The highest BCUT2D eigenvalue weighted by Crippen LogP contribution is 2.19. The van der Waals surface area contributed by atoms with Crippen molar-refractivity contribution < 1.29 is 59.1 Å². The highest BCUT2D eigenvalue weighted by molar-refractivity contribution is 5.97. The number of carboxylic acids is 1. The molecule has 1 fully saturated rings. The summed E-state index contributed by atoms with van der Waals surface area (Å²) in [6, 6.07) is -9.93. The Morgan fingerprint density at radius 1 is 0.725 bits per heavy atom. The van der Waals surface area contributed by atoms with Crippen molar-refractivity contribution in [2.24, 2.45) is 17.4 Å². The molecule has 10 atom stereocenters. The Labute approximate surface area is 296 Å². The molecule has 51 heavy (non-hydrogen) atoms. The molecule has 0 aromatic heterocycles. The first-order chi connectivity index (χ1) is 23.8.